The van der Waals surface area contributed by atoms with Gasteiger partial charge in [-0.15, -0.1) is 0 Å². The van der Waals surface area contributed by atoms with E-state index in [9.17, 15) is 38.9 Å². The van der Waals surface area contributed by atoms with Crippen molar-refractivity contribution >= 4 is 23.5 Å². The Labute approximate surface area is 272 Å². The highest BCUT2D eigenvalue weighted by atomic mass is 31.2. The van der Waals surface area contributed by atoms with Crippen molar-refractivity contribution in [3.63, 3.8) is 0 Å². The molecule has 260 valence electrons. The lowest BCUT2D eigenvalue weighted by molar-refractivity contribution is -0.180. The molecule has 0 radical (unpaired) electrons. The van der Waals surface area contributed by atoms with Gasteiger partial charge in [-0.05, 0) is 18.1 Å². The zero-order valence-electron chi connectivity index (χ0n) is 27.7. The molecule has 0 spiro atoms. The van der Waals surface area contributed by atoms with Gasteiger partial charge in [0.15, 0.2) is 8.32 Å². The van der Waals surface area contributed by atoms with Gasteiger partial charge in [0, 0.05) is 61.8 Å². The molecule has 0 aromatic heterocycles. The van der Waals surface area contributed by atoms with Crippen LogP contribution in [-0.2, 0) is 44.6 Å². The molecule has 16 heteroatoms. The number of hydrogen-bond donors (Lipinski definition) is 6. The first-order valence-electron chi connectivity index (χ1n) is 15.0. The minimum atomic E-state index is -4.66. The molecule has 0 saturated carbocycles. The molecule has 1 aliphatic rings. The lowest BCUT2D eigenvalue weighted by atomic mass is 10.1. The highest BCUT2D eigenvalue weighted by Gasteiger charge is 2.39. The van der Waals surface area contributed by atoms with Crippen molar-refractivity contribution in [2.24, 2.45) is 0 Å². The molecule has 2 aromatic rings. The molecule has 1 atom stereocenters. The van der Waals surface area contributed by atoms with Gasteiger partial charge in [-0.1, -0.05) is 57.2 Å². The predicted molar refractivity (Wildman–Crippen MR) is 177 cm³/mol. The third kappa shape index (κ3) is 11.2. The summed E-state index contributed by atoms with van der Waals surface area (Å²) in [6, 6.07) is 9.47. The number of rotatable bonds is 15. The van der Waals surface area contributed by atoms with Crippen molar-refractivity contribution in [3.05, 3.63) is 58.7 Å². The summed E-state index contributed by atoms with van der Waals surface area (Å²) in [6.45, 7) is 13.6. The summed E-state index contributed by atoms with van der Waals surface area (Å²) in [5.41, 5.74) is 2.03. The van der Waals surface area contributed by atoms with E-state index in [-0.39, 0.29) is 42.6 Å². The first kappa shape index (κ1) is 38.8. The summed E-state index contributed by atoms with van der Waals surface area (Å²) >= 11 is 0. The lowest BCUT2D eigenvalue weighted by Gasteiger charge is -2.41. The largest absolute Gasteiger partial charge is 0.507 e. The van der Waals surface area contributed by atoms with E-state index < -0.39 is 54.5 Å². The maximum Gasteiger partial charge on any atom is 0.339 e. The van der Waals surface area contributed by atoms with Crippen LogP contribution in [0.3, 0.4) is 0 Å². The van der Waals surface area contributed by atoms with E-state index in [1.165, 1.54) is 4.90 Å². The van der Waals surface area contributed by atoms with Gasteiger partial charge in [0.05, 0.1) is 19.8 Å². The van der Waals surface area contributed by atoms with Gasteiger partial charge in [-0.25, -0.2) is 0 Å². The van der Waals surface area contributed by atoms with Gasteiger partial charge in [0.25, 0.3) is 0 Å². The predicted octanol–water partition coefficient (Wildman–Crippen LogP) is 4.49. The van der Waals surface area contributed by atoms with E-state index in [0.717, 1.165) is 5.56 Å². The number of fused-ring (bicyclic) bond motifs is 1. The summed E-state index contributed by atoms with van der Waals surface area (Å²) in [7, 11) is -11.7. The average molecular weight is 705 g/mol. The molecule has 46 heavy (non-hydrogen) atoms. The first-order chi connectivity index (χ1) is 21.0. The van der Waals surface area contributed by atoms with Gasteiger partial charge in [0.1, 0.15) is 24.1 Å². The second-order valence-electron chi connectivity index (χ2n) is 13.9. The van der Waals surface area contributed by atoms with Crippen LogP contribution < -0.4 is 4.74 Å². The van der Waals surface area contributed by atoms with Crippen molar-refractivity contribution in [2.75, 3.05) is 25.7 Å². The molecule has 3 rings (SSSR count). The smallest absolute Gasteiger partial charge is 0.339 e. The molecular weight excluding hydrogens is 654 g/mol. The normalized spacial score (nSPS) is 16.4. The second kappa shape index (κ2) is 14.9. The Morgan fingerprint density at radius 3 is 2.13 bits per heavy atom. The number of phenols is 1. The average Bonchev–Trinajstić information content (AvgIpc) is 2.89. The number of hydrogen-bond acceptors (Lipinski definition) is 9. The summed E-state index contributed by atoms with van der Waals surface area (Å²) in [5, 5.41) is 20.2. The lowest BCUT2D eigenvalue weighted by Crippen LogP contribution is -2.50. The molecule has 0 aliphatic carbocycles. The van der Waals surface area contributed by atoms with E-state index in [2.05, 4.69) is 20.8 Å². The number of aromatic hydroxyl groups is 1. The fourth-order valence-electron chi connectivity index (χ4n) is 4.95. The third-order valence-electron chi connectivity index (χ3n) is 8.42. The molecule has 2 aromatic carbocycles. The Bertz CT molecular complexity index is 1440. The van der Waals surface area contributed by atoms with Crippen LogP contribution in [0.5, 0.6) is 11.5 Å². The number of para-hydroxylation sites is 2. The quantitative estimate of drug-likeness (QED) is 0.112. The van der Waals surface area contributed by atoms with E-state index in [1.807, 2.05) is 31.3 Å². The Morgan fingerprint density at radius 1 is 0.957 bits per heavy atom. The van der Waals surface area contributed by atoms with Crippen LogP contribution in [0, 0.1) is 0 Å². The highest BCUT2D eigenvalue weighted by Crippen LogP contribution is 2.42. The van der Waals surface area contributed by atoms with Gasteiger partial charge < -0.3 is 43.7 Å². The van der Waals surface area contributed by atoms with Gasteiger partial charge in [0.2, 0.25) is 5.79 Å². The fourth-order valence-corrected chi connectivity index (χ4v) is 7.53. The van der Waals surface area contributed by atoms with Crippen LogP contribution in [0.15, 0.2) is 36.4 Å². The Kier molecular flexibility index (Phi) is 12.5. The van der Waals surface area contributed by atoms with Crippen LogP contribution >= 0.6 is 15.2 Å². The Balaban J connectivity index is 2.09. The van der Waals surface area contributed by atoms with Gasteiger partial charge in [-0.3, -0.25) is 18.9 Å². The molecule has 0 saturated heterocycles. The molecule has 6 N–H and O–H groups in total. The van der Waals surface area contributed by atoms with E-state index in [4.69, 9.17) is 13.9 Å². The fraction of sp³-hybridized carbons (Fsp3) is 0.600. The SMILES string of the molecule is CC1(C)OCc2cccc(CN(CP(=O)(O)O)C(CO[Si](C)(C)C(C)(C)C)CN(Cc3cccc(CO)c3O)CP(=O)(O)O)c2O1. The monoisotopic (exact) mass is 704 g/mol. The van der Waals surface area contributed by atoms with Crippen molar-refractivity contribution in [2.45, 2.75) is 90.9 Å². The minimum Gasteiger partial charge on any atom is -0.507 e. The standard InChI is InChI=1S/C30H50N2O11P2Si/c1-29(2,3)46(6,7)42-19-26(16-31(20-44(35,36)37)14-22-10-8-12-24(17-33)27(22)34)32(21-45(38,39)40)15-23-11-9-13-25-18-41-30(4,5)43-28(23)25/h8-13,26,33-34H,14-21H2,1-7H3,(H2,35,36,37)(H2,38,39,40). The molecular formula is C30H50N2O11P2Si. The van der Waals surface area contributed by atoms with Crippen LogP contribution in [0.1, 0.15) is 56.9 Å². The number of aliphatic hydroxyl groups is 1. The molecule has 0 amide bonds. The maximum absolute atomic E-state index is 12.6. The van der Waals surface area contributed by atoms with Crippen molar-refractivity contribution in [1.82, 2.24) is 9.80 Å². The zero-order valence-corrected chi connectivity index (χ0v) is 30.5. The summed E-state index contributed by atoms with van der Waals surface area (Å²) in [6.07, 6.45) is -1.34. The first-order valence-corrected chi connectivity index (χ1v) is 21.5. The van der Waals surface area contributed by atoms with Crippen molar-refractivity contribution in [1.29, 1.82) is 0 Å². The molecule has 0 bridgehead atoms. The van der Waals surface area contributed by atoms with E-state index in [0.29, 0.717) is 23.5 Å². The zero-order chi connectivity index (χ0) is 34.7. The topological polar surface area (TPSA) is 190 Å². The van der Waals surface area contributed by atoms with Crippen LogP contribution in [0.2, 0.25) is 18.1 Å². The Hall–Kier alpha value is -1.64. The van der Waals surface area contributed by atoms with Crippen LogP contribution in [-0.4, -0.2) is 85.5 Å². The van der Waals surface area contributed by atoms with Crippen molar-refractivity contribution in [3.8, 4) is 11.5 Å². The van der Waals surface area contributed by atoms with Crippen LogP contribution in [0.4, 0.5) is 0 Å². The summed E-state index contributed by atoms with van der Waals surface area (Å²) in [5.74, 6) is -0.566. The van der Waals surface area contributed by atoms with Gasteiger partial charge >= 0.3 is 15.2 Å². The molecule has 1 unspecified atom stereocenters. The minimum absolute atomic E-state index is 0.0152. The summed E-state index contributed by atoms with van der Waals surface area (Å²) < 4.78 is 43.4. The molecule has 1 aliphatic heterocycles. The highest BCUT2D eigenvalue weighted by molar-refractivity contribution is 7.51. The second-order valence-corrected chi connectivity index (χ2v) is 21.9. The summed E-state index contributed by atoms with van der Waals surface area (Å²) in [4.78, 5) is 43.6. The van der Waals surface area contributed by atoms with Crippen molar-refractivity contribution < 1.29 is 52.8 Å². The Morgan fingerprint density at radius 2 is 1.54 bits per heavy atom. The number of aliphatic hydroxyl groups excluding tert-OH is 1. The maximum atomic E-state index is 12.6. The number of ether oxygens (including phenoxy) is 2. The molecule has 13 nitrogen and oxygen atoms in total. The number of benzene rings is 2. The van der Waals surface area contributed by atoms with E-state index in [1.54, 1.807) is 36.9 Å². The van der Waals surface area contributed by atoms with E-state index >= 15 is 0 Å². The molecule has 0 fully saturated rings. The third-order valence-corrected chi connectivity index (χ3v) is 14.4. The molecule has 1 heterocycles. The van der Waals surface area contributed by atoms with Gasteiger partial charge in [-0.2, -0.15) is 0 Å². The number of nitrogens with zero attached hydrogens (tertiary/aromatic N) is 2. The van der Waals surface area contributed by atoms with Crippen LogP contribution in [0.25, 0.3) is 0 Å².